The summed E-state index contributed by atoms with van der Waals surface area (Å²) in [7, 11) is 0. The van der Waals surface area contributed by atoms with Crippen LogP contribution in [0, 0.1) is 11.3 Å². The maximum absolute atomic E-state index is 8.47. The third kappa shape index (κ3) is 1.59. The van der Waals surface area contributed by atoms with Crippen molar-refractivity contribution in [3.8, 4) is 6.07 Å². The number of hydrogen-bond acceptors (Lipinski definition) is 2. The van der Waals surface area contributed by atoms with E-state index >= 15 is 0 Å². The van der Waals surface area contributed by atoms with Crippen LogP contribution in [0.1, 0.15) is 22.2 Å². The molecule has 0 aromatic carbocycles. The van der Waals surface area contributed by atoms with Crippen LogP contribution in [0.25, 0.3) is 0 Å². The molecule has 0 amide bonds. The first-order valence-corrected chi connectivity index (χ1v) is 4.66. The zero-order valence-corrected chi connectivity index (χ0v) is 7.87. The van der Waals surface area contributed by atoms with Crippen LogP contribution in [0.3, 0.4) is 0 Å². The van der Waals surface area contributed by atoms with Gasteiger partial charge in [-0.1, -0.05) is 15.9 Å². The lowest BCUT2D eigenvalue weighted by Crippen LogP contribution is -1.73. The van der Waals surface area contributed by atoms with Crippen molar-refractivity contribution in [1.29, 1.82) is 5.26 Å². The van der Waals surface area contributed by atoms with Crippen LogP contribution >= 0.6 is 27.3 Å². The molecule has 1 heterocycles. The molecule has 10 heavy (non-hydrogen) atoms. The van der Waals surface area contributed by atoms with Gasteiger partial charge in [0.05, 0.1) is 5.56 Å². The molecule has 1 aromatic rings. The highest BCUT2D eigenvalue weighted by atomic mass is 79.9. The molecule has 1 atom stereocenters. The van der Waals surface area contributed by atoms with Crippen LogP contribution in [-0.4, -0.2) is 0 Å². The summed E-state index contributed by atoms with van der Waals surface area (Å²) in [5.74, 6) is 0. The summed E-state index contributed by atoms with van der Waals surface area (Å²) in [6, 6.07) is 4.00. The van der Waals surface area contributed by atoms with Gasteiger partial charge in [-0.2, -0.15) is 5.26 Å². The van der Waals surface area contributed by atoms with Gasteiger partial charge < -0.3 is 0 Å². The first-order chi connectivity index (χ1) is 4.74. The van der Waals surface area contributed by atoms with Crippen molar-refractivity contribution in [2.45, 2.75) is 11.8 Å². The molecule has 0 aliphatic carbocycles. The highest BCUT2D eigenvalue weighted by molar-refractivity contribution is 9.09. The fourth-order valence-corrected chi connectivity index (χ4v) is 1.84. The monoisotopic (exact) mass is 215 g/mol. The van der Waals surface area contributed by atoms with E-state index in [4.69, 9.17) is 5.26 Å². The Balaban J connectivity index is 2.91. The first-order valence-electron chi connectivity index (χ1n) is 2.86. The number of thiophene rings is 1. The summed E-state index contributed by atoms with van der Waals surface area (Å²) >= 11 is 5.04. The molecule has 0 saturated carbocycles. The lowest BCUT2D eigenvalue weighted by atomic mass is 10.3. The Kier molecular flexibility index (Phi) is 2.47. The summed E-state index contributed by atoms with van der Waals surface area (Å²) in [5, 5.41) is 10.3. The molecule has 1 unspecified atom stereocenters. The summed E-state index contributed by atoms with van der Waals surface area (Å²) in [6.45, 7) is 2.05. The van der Waals surface area contributed by atoms with Crippen LogP contribution in [0.15, 0.2) is 11.4 Å². The van der Waals surface area contributed by atoms with E-state index in [2.05, 4.69) is 22.0 Å². The van der Waals surface area contributed by atoms with E-state index in [1.54, 1.807) is 11.3 Å². The molecule has 0 spiro atoms. The van der Waals surface area contributed by atoms with Crippen LogP contribution in [-0.2, 0) is 0 Å². The smallest absolute Gasteiger partial charge is 0.100 e. The van der Waals surface area contributed by atoms with E-state index in [1.165, 1.54) is 4.88 Å². The zero-order valence-electron chi connectivity index (χ0n) is 5.47. The van der Waals surface area contributed by atoms with Crippen molar-refractivity contribution in [1.82, 2.24) is 0 Å². The van der Waals surface area contributed by atoms with Gasteiger partial charge in [0.15, 0.2) is 0 Å². The Morgan fingerprint density at radius 2 is 2.50 bits per heavy atom. The van der Waals surface area contributed by atoms with Crippen molar-refractivity contribution in [2.24, 2.45) is 0 Å². The van der Waals surface area contributed by atoms with Crippen LogP contribution < -0.4 is 0 Å². The molecule has 0 radical (unpaired) electrons. The predicted octanol–water partition coefficient (Wildman–Crippen LogP) is 3.08. The first kappa shape index (κ1) is 7.77. The molecule has 1 rings (SSSR count). The van der Waals surface area contributed by atoms with Crippen LogP contribution in [0.4, 0.5) is 0 Å². The van der Waals surface area contributed by atoms with Crippen molar-refractivity contribution in [3.05, 3.63) is 21.9 Å². The molecule has 1 aromatic heterocycles. The molecule has 0 aliphatic rings. The minimum Gasteiger partial charge on any atom is -0.192 e. The maximum atomic E-state index is 8.47. The predicted molar refractivity (Wildman–Crippen MR) is 46.4 cm³/mol. The Morgan fingerprint density at radius 1 is 1.80 bits per heavy atom. The highest BCUT2D eigenvalue weighted by Gasteiger charge is 2.03. The van der Waals surface area contributed by atoms with Gasteiger partial charge in [-0.3, -0.25) is 0 Å². The van der Waals surface area contributed by atoms with Gasteiger partial charge in [0.25, 0.3) is 0 Å². The Morgan fingerprint density at radius 3 is 2.80 bits per heavy atom. The highest BCUT2D eigenvalue weighted by Crippen LogP contribution is 2.27. The molecular weight excluding hydrogens is 210 g/mol. The third-order valence-corrected chi connectivity index (χ3v) is 3.05. The third-order valence-electron chi connectivity index (χ3n) is 1.14. The number of rotatable bonds is 1. The normalized spacial score (nSPS) is 12.5. The van der Waals surface area contributed by atoms with Gasteiger partial charge >= 0.3 is 0 Å². The molecule has 0 aliphatic heterocycles. The van der Waals surface area contributed by atoms with Gasteiger partial charge in [-0.05, 0) is 13.0 Å². The standard InChI is InChI=1S/C7H6BrNS/c1-5(8)7-2-6(3-9)4-10-7/h2,4-5H,1H3. The lowest BCUT2D eigenvalue weighted by molar-refractivity contribution is 1.17. The Labute approximate surface area is 72.4 Å². The van der Waals surface area contributed by atoms with Crippen molar-refractivity contribution >= 4 is 27.3 Å². The molecule has 0 fully saturated rings. The number of hydrogen-bond donors (Lipinski definition) is 0. The summed E-state index contributed by atoms with van der Waals surface area (Å²) < 4.78 is 0. The second-order valence-corrected chi connectivity index (χ2v) is 4.28. The molecule has 0 N–H and O–H groups in total. The van der Waals surface area contributed by atoms with Crippen molar-refractivity contribution in [3.63, 3.8) is 0 Å². The molecule has 1 nitrogen and oxygen atoms in total. The largest absolute Gasteiger partial charge is 0.192 e. The summed E-state index contributed by atoms with van der Waals surface area (Å²) in [6.07, 6.45) is 0. The quantitative estimate of drug-likeness (QED) is 0.661. The van der Waals surface area contributed by atoms with E-state index in [0.29, 0.717) is 4.83 Å². The average molecular weight is 216 g/mol. The van der Waals surface area contributed by atoms with Gasteiger partial charge in [0, 0.05) is 15.1 Å². The van der Waals surface area contributed by atoms with Crippen molar-refractivity contribution < 1.29 is 0 Å². The fourth-order valence-electron chi connectivity index (χ4n) is 0.620. The number of alkyl halides is 1. The SMILES string of the molecule is CC(Br)c1cc(C#N)cs1. The van der Waals surface area contributed by atoms with E-state index in [9.17, 15) is 0 Å². The van der Waals surface area contributed by atoms with Crippen molar-refractivity contribution in [2.75, 3.05) is 0 Å². The van der Waals surface area contributed by atoms with Crippen LogP contribution in [0.5, 0.6) is 0 Å². The van der Waals surface area contributed by atoms with E-state index < -0.39 is 0 Å². The van der Waals surface area contributed by atoms with Gasteiger partial charge in [-0.15, -0.1) is 11.3 Å². The zero-order chi connectivity index (χ0) is 7.56. The van der Waals surface area contributed by atoms with E-state index in [0.717, 1.165) is 5.56 Å². The number of nitriles is 1. The molecule has 3 heteroatoms. The van der Waals surface area contributed by atoms with Gasteiger partial charge in [0.1, 0.15) is 6.07 Å². The maximum Gasteiger partial charge on any atom is 0.100 e. The Hall–Kier alpha value is -0.330. The molecule has 0 bridgehead atoms. The van der Waals surface area contributed by atoms with E-state index in [1.807, 2.05) is 18.4 Å². The van der Waals surface area contributed by atoms with Gasteiger partial charge in [-0.25, -0.2) is 0 Å². The Bertz CT molecular complexity index is 259. The topological polar surface area (TPSA) is 23.8 Å². The van der Waals surface area contributed by atoms with Gasteiger partial charge in [0.2, 0.25) is 0 Å². The van der Waals surface area contributed by atoms with Crippen LogP contribution in [0.2, 0.25) is 0 Å². The molecule has 0 saturated heterocycles. The fraction of sp³-hybridized carbons (Fsp3) is 0.286. The molecular formula is C7H6BrNS. The second-order valence-electron chi connectivity index (χ2n) is 1.97. The average Bonchev–Trinajstić information content (AvgIpc) is 2.34. The summed E-state index contributed by atoms with van der Waals surface area (Å²) in [4.78, 5) is 1.57. The number of halogens is 1. The molecule has 52 valence electrons. The minimum absolute atomic E-state index is 0.361. The minimum atomic E-state index is 0.361. The second kappa shape index (κ2) is 3.18. The number of nitrogens with zero attached hydrogens (tertiary/aromatic N) is 1. The lowest BCUT2D eigenvalue weighted by Gasteiger charge is -1.93. The van der Waals surface area contributed by atoms with E-state index in [-0.39, 0.29) is 0 Å². The summed E-state index contributed by atoms with van der Waals surface area (Å²) in [5.41, 5.74) is 0.756.